The van der Waals surface area contributed by atoms with E-state index >= 15 is 0 Å². The van der Waals surface area contributed by atoms with Crippen molar-refractivity contribution in [3.63, 3.8) is 0 Å². The molecule has 0 saturated carbocycles. The van der Waals surface area contributed by atoms with Crippen molar-refractivity contribution in [3.05, 3.63) is 30.1 Å². The average Bonchev–Trinajstić information content (AvgIpc) is 2.89. The zero-order valence-electron chi connectivity index (χ0n) is 20.5. The van der Waals surface area contributed by atoms with Gasteiger partial charge in [-0.1, -0.05) is 0 Å². The zero-order chi connectivity index (χ0) is 24.4. The number of rotatable bonds is 6. The maximum Gasteiger partial charge on any atom is 0.229 e. The number of fused-ring (bicyclic) bond motifs is 1. The maximum atomic E-state index is 13.8. The highest BCUT2D eigenvalue weighted by atomic mass is 19.1. The van der Waals surface area contributed by atoms with Crippen molar-refractivity contribution in [2.24, 2.45) is 0 Å². The molecule has 0 amide bonds. The van der Waals surface area contributed by atoms with Gasteiger partial charge in [0.05, 0.1) is 11.8 Å². The van der Waals surface area contributed by atoms with Gasteiger partial charge in [-0.25, -0.2) is 19.3 Å². The number of piperidine rings is 1. The first kappa shape index (κ1) is 23.6. The molecule has 5 rings (SSSR count). The highest BCUT2D eigenvalue weighted by Gasteiger charge is 2.24. The number of ether oxygens (including phenoxy) is 1. The Labute approximate surface area is 204 Å². The summed E-state index contributed by atoms with van der Waals surface area (Å²) in [6.07, 6.45) is 1.80. The lowest BCUT2D eigenvalue weighted by molar-refractivity contribution is 0.116. The predicted molar refractivity (Wildman–Crippen MR) is 134 cm³/mol. The van der Waals surface area contributed by atoms with Crippen LogP contribution in [0.1, 0.15) is 31.6 Å². The van der Waals surface area contributed by atoms with Crippen LogP contribution in [-0.2, 0) is 4.74 Å². The number of nitrogens with one attached hydrogen (secondary N) is 1. The third-order valence-electron chi connectivity index (χ3n) is 6.78. The van der Waals surface area contributed by atoms with E-state index < -0.39 is 6.17 Å². The van der Waals surface area contributed by atoms with Crippen molar-refractivity contribution < 1.29 is 9.13 Å². The van der Waals surface area contributed by atoms with Crippen molar-refractivity contribution in [2.45, 2.75) is 32.0 Å². The fourth-order valence-electron chi connectivity index (χ4n) is 4.42. The molecule has 3 aromatic rings. The van der Waals surface area contributed by atoms with Crippen LogP contribution in [0.3, 0.4) is 0 Å². The molecule has 5 heterocycles. The van der Waals surface area contributed by atoms with E-state index in [0.29, 0.717) is 43.2 Å². The second kappa shape index (κ2) is 10.2. The Hall–Kier alpha value is -3.18. The molecule has 0 aliphatic carbocycles. The average molecular weight is 482 g/mol. The molecule has 1 N–H and O–H groups in total. The molecule has 0 bridgehead atoms. The number of nitrogens with zero attached hydrogens (tertiary/aromatic N) is 8. The van der Waals surface area contributed by atoms with Gasteiger partial charge in [-0.05, 0) is 45.0 Å². The highest BCUT2D eigenvalue weighted by Crippen LogP contribution is 2.30. The Kier molecular flexibility index (Phi) is 6.87. The minimum atomic E-state index is -0.766. The SMILES string of the molecule is COC(C)c1cc2cnc(Nc3ccc(N4CCN(C)CC4)nn3)nc2c(N2CCC(F)CC2)n1. The van der Waals surface area contributed by atoms with Gasteiger partial charge in [0, 0.05) is 58.0 Å². The lowest BCUT2D eigenvalue weighted by atomic mass is 10.1. The van der Waals surface area contributed by atoms with Gasteiger partial charge in [-0.3, -0.25) is 0 Å². The van der Waals surface area contributed by atoms with Crippen LogP contribution in [0.25, 0.3) is 10.9 Å². The highest BCUT2D eigenvalue weighted by molar-refractivity contribution is 5.89. The van der Waals surface area contributed by atoms with E-state index in [4.69, 9.17) is 14.7 Å². The molecule has 0 aromatic carbocycles. The molecule has 2 aliphatic rings. The second-order valence-electron chi connectivity index (χ2n) is 9.23. The molecule has 3 aromatic heterocycles. The van der Waals surface area contributed by atoms with E-state index in [1.54, 1.807) is 13.3 Å². The molecule has 2 aliphatic heterocycles. The Morgan fingerprint density at radius 3 is 2.49 bits per heavy atom. The van der Waals surface area contributed by atoms with Gasteiger partial charge in [0.1, 0.15) is 11.7 Å². The summed E-state index contributed by atoms with van der Waals surface area (Å²) in [5.41, 5.74) is 1.51. The monoisotopic (exact) mass is 481 g/mol. The predicted octanol–water partition coefficient (Wildman–Crippen LogP) is 2.96. The van der Waals surface area contributed by atoms with E-state index in [9.17, 15) is 4.39 Å². The molecular formula is C24H32FN9O. The van der Waals surface area contributed by atoms with Crippen LogP contribution in [0.15, 0.2) is 24.4 Å². The standard InChI is InChI=1S/C24H32FN9O/c1-16(35-3)19-14-17-15-26-24(29-22(17)23(27-19)34-8-6-18(25)7-9-34)28-20-4-5-21(31-30-20)33-12-10-32(2)11-13-33/h4-5,14-16,18H,6-13H2,1-3H3,(H,26,28,29,30). The Bertz CT molecular complexity index is 1150. The summed E-state index contributed by atoms with van der Waals surface area (Å²) >= 11 is 0. The van der Waals surface area contributed by atoms with Crippen LogP contribution in [0.4, 0.5) is 27.8 Å². The van der Waals surface area contributed by atoms with Gasteiger partial charge >= 0.3 is 0 Å². The van der Waals surface area contributed by atoms with Crippen molar-refractivity contribution in [1.82, 2.24) is 30.0 Å². The van der Waals surface area contributed by atoms with E-state index in [-0.39, 0.29) is 6.10 Å². The number of pyridine rings is 1. The maximum absolute atomic E-state index is 13.8. The van der Waals surface area contributed by atoms with Crippen LogP contribution < -0.4 is 15.1 Å². The summed E-state index contributed by atoms with van der Waals surface area (Å²) in [5, 5.41) is 12.8. The van der Waals surface area contributed by atoms with Crippen LogP contribution >= 0.6 is 0 Å². The second-order valence-corrected chi connectivity index (χ2v) is 9.23. The molecule has 1 unspecified atom stereocenters. The van der Waals surface area contributed by atoms with E-state index in [1.165, 1.54) is 0 Å². The van der Waals surface area contributed by atoms with E-state index in [2.05, 4.69) is 42.2 Å². The number of hydrogen-bond acceptors (Lipinski definition) is 10. The van der Waals surface area contributed by atoms with Gasteiger partial charge in [-0.2, -0.15) is 0 Å². The van der Waals surface area contributed by atoms with Gasteiger partial charge in [0.25, 0.3) is 0 Å². The lowest BCUT2D eigenvalue weighted by Gasteiger charge is -2.32. The van der Waals surface area contributed by atoms with Gasteiger partial charge in [-0.15, -0.1) is 10.2 Å². The number of anilines is 4. The van der Waals surface area contributed by atoms with Crippen LogP contribution in [-0.4, -0.2) is 89.6 Å². The quantitative estimate of drug-likeness (QED) is 0.566. The molecule has 11 heteroatoms. The number of aromatic nitrogens is 5. The number of piperazine rings is 1. The zero-order valence-corrected chi connectivity index (χ0v) is 20.5. The number of alkyl halides is 1. The van der Waals surface area contributed by atoms with Gasteiger partial charge in [0.2, 0.25) is 5.95 Å². The first-order chi connectivity index (χ1) is 17.0. The van der Waals surface area contributed by atoms with Crippen LogP contribution in [0, 0.1) is 0 Å². The summed E-state index contributed by atoms with van der Waals surface area (Å²) in [5.74, 6) is 2.58. The molecule has 1 atom stereocenters. The fourth-order valence-corrected chi connectivity index (χ4v) is 4.42. The lowest BCUT2D eigenvalue weighted by Crippen LogP contribution is -2.44. The summed E-state index contributed by atoms with van der Waals surface area (Å²) in [6.45, 7) is 7.04. The number of methoxy groups -OCH3 is 1. The van der Waals surface area contributed by atoms with Gasteiger partial charge < -0.3 is 24.8 Å². The third kappa shape index (κ3) is 5.25. The molecule has 10 nitrogen and oxygen atoms in total. The summed E-state index contributed by atoms with van der Waals surface area (Å²) in [7, 11) is 3.78. The van der Waals surface area contributed by atoms with Crippen molar-refractivity contribution in [1.29, 1.82) is 0 Å². The molecule has 0 spiro atoms. The molecule has 0 radical (unpaired) electrons. The van der Waals surface area contributed by atoms with Crippen molar-refractivity contribution in [3.8, 4) is 0 Å². The van der Waals surface area contributed by atoms with Gasteiger partial charge in [0.15, 0.2) is 17.5 Å². The molecule has 2 fully saturated rings. The third-order valence-corrected chi connectivity index (χ3v) is 6.78. The Balaban J connectivity index is 1.40. The molecule has 2 saturated heterocycles. The first-order valence-corrected chi connectivity index (χ1v) is 12.1. The van der Waals surface area contributed by atoms with Crippen LogP contribution in [0.2, 0.25) is 0 Å². The molecular weight excluding hydrogens is 449 g/mol. The van der Waals surface area contributed by atoms with Crippen molar-refractivity contribution in [2.75, 3.05) is 68.5 Å². The number of halogens is 1. The largest absolute Gasteiger partial charge is 0.375 e. The summed E-state index contributed by atoms with van der Waals surface area (Å²) in [6, 6.07) is 5.81. The Morgan fingerprint density at radius 1 is 1.03 bits per heavy atom. The fraction of sp³-hybridized carbons (Fsp3) is 0.542. The minimum absolute atomic E-state index is 0.177. The topological polar surface area (TPSA) is 95.4 Å². The summed E-state index contributed by atoms with van der Waals surface area (Å²) in [4.78, 5) is 20.8. The summed E-state index contributed by atoms with van der Waals surface area (Å²) < 4.78 is 19.3. The molecule has 35 heavy (non-hydrogen) atoms. The number of likely N-dealkylation sites (N-methyl/N-ethyl adjacent to an activating group) is 1. The molecule has 186 valence electrons. The van der Waals surface area contributed by atoms with E-state index in [1.807, 2.05) is 25.1 Å². The number of hydrogen-bond donors (Lipinski definition) is 1. The smallest absolute Gasteiger partial charge is 0.229 e. The Morgan fingerprint density at radius 2 is 1.80 bits per heavy atom. The van der Waals surface area contributed by atoms with Crippen LogP contribution in [0.5, 0.6) is 0 Å². The minimum Gasteiger partial charge on any atom is -0.375 e. The van der Waals surface area contributed by atoms with E-state index in [0.717, 1.165) is 48.9 Å². The normalized spacial score (nSPS) is 18.7. The first-order valence-electron chi connectivity index (χ1n) is 12.1. The van der Waals surface area contributed by atoms with Crippen molar-refractivity contribution >= 4 is 34.3 Å².